The van der Waals surface area contributed by atoms with Gasteiger partial charge in [0.1, 0.15) is 22.9 Å². The minimum atomic E-state index is -0.320. The normalized spacial score (nSPS) is 15.6. The number of amides is 1. The lowest BCUT2D eigenvalue weighted by Gasteiger charge is -2.18. The fraction of sp³-hybridized carbons (Fsp3) is 0.185. The molecule has 0 saturated carbocycles. The fourth-order valence-electron chi connectivity index (χ4n) is 4.18. The molecule has 1 unspecified atom stereocenters. The summed E-state index contributed by atoms with van der Waals surface area (Å²) in [5.41, 5.74) is 4.44. The topological polar surface area (TPSA) is 92.3 Å². The molecule has 0 bridgehead atoms. The number of hydrogen-bond acceptors (Lipinski definition) is 7. The molecular formula is C27H25ClN6O2. The Balaban J connectivity index is 1.45. The van der Waals surface area contributed by atoms with Gasteiger partial charge in [-0.2, -0.15) is 0 Å². The van der Waals surface area contributed by atoms with E-state index in [0.29, 0.717) is 39.1 Å². The summed E-state index contributed by atoms with van der Waals surface area (Å²) in [5.74, 6) is 0.675. The Morgan fingerprint density at radius 1 is 1.22 bits per heavy atom. The van der Waals surface area contributed by atoms with Crippen molar-refractivity contribution in [3.8, 4) is 16.9 Å². The summed E-state index contributed by atoms with van der Waals surface area (Å²) in [6.07, 6.45) is 5.62. The number of likely N-dealkylation sites (N-methyl/N-ethyl adjacent to an activating group) is 1. The molecule has 4 aromatic rings. The first-order valence-corrected chi connectivity index (χ1v) is 11.9. The second-order valence-electron chi connectivity index (χ2n) is 8.62. The third kappa shape index (κ3) is 5.30. The molecule has 182 valence electrons. The maximum Gasteiger partial charge on any atom is 0.247 e. The van der Waals surface area contributed by atoms with Crippen LogP contribution in [0, 0.1) is 0 Å². The number of aromatic nitrogens is 3. The zero-order valence-corrected chi connectivity index (χ0v) is 20.5. The van der Waals surface area contributed by atoms with Gasteiger partial charge in [0.05, 0.1) is 11.9 Å². The number of halogens is 1. The van der Waals surface area contributed by atoms with Gasteiger partial charge in [-0.1, -0.05) is 30.3 Å². The van der Waals surface area contributed by atoms with E-state index in [9.17, 15) is 4.79 Å². The van der Waals surface area contributed by atoms with Crippen molar-refractivity contribution < 1.29 is 9.53 Å². The average molecular weight is 501 g/mol. The van der Waals surface area contributed by atoms with Crippen molar-refractivity contribution in [1.29, 1.82) is 0 Å². The molecule has 1 aliphatic heterocycles. The lowest BCUT2D eigenvalue weighted by molar-refractivity contribution is -0.111. The van der Waals surface area contributed by atoms with Crippen molar-refractivity contribution in [3.05, 3.63) is 78.6 Å². The van der Waals surface area contributed by atoms with Crippen molar-refractivity contribution in [3.63, 3.8) is 0 Å². The van der Waals surface area contributed by atoms with Gasteiger partial charge in [-0.3, -0.25) is 9.78 Å². The summed E-state index contributed by atoms with van der Waals surface area (Å²) in [7, 11) is 2.06. The van der Waals surface area contributed by atoms with Gasteiger partial charge < -0.3 is 20.3 Å². The van der Waals surface area contributed by atoms with Gasteiger partial charge in [0.2, 0.25) is 11.9 Å². The molecule has 9 heteroatoms. The van der Waals surface area contributed by atoms with E-state index >= 15 is 0 Å². The van der Waals surface area contributed by atoms with E-state index < -0.39 is 0 Å². The van der Waals surface area contributed by atoms with E-state index in [-0.39, 0.29) is 12.0 Å². The lowest BCUT2D eigenvalue weighted by atomic mass is 10.1. The Morgan fingerprint density at radius 2 is 2.11 bits per heavy atom. The number of likely N-dealkylation sites (tertiary alicyclic amines) is 1. The van der Waals surface area contributed by atoms with Crippen LogP contribution in [0.2, 0.25) is 5.02 Å². The molecule has 2 aromatic heterocycles. The number of benzene rings is 2. The largest absolute Gasteiger partial charge is 0.487 e. The van der Waals surface area contributed by atoms with Crippen LogP contribution in [0.1, 0.15) is 6.42 Å². The summed E-state index contributed by atoms with van der Waals surface area (Å²) in [4.78, 5) is 27.8. The first-order chi connectivity index (χ1) is 17.5. The molecule has 1 saturated heterocycles. The first-order valence-electron chi connectivity index (χ1n) is 11.6. The molecule has 3 heterocycles. The number of anilines is 3. The molecule has 0 aliphatic carbocycles. The zero-order valence-electron chi connectivity index (χ0n) is 19.7. The van der Waals surface area contributed by atoms with Crippen LogP contribution < -0.4 is 15.4 Å². The number of pyridine rings is 1. The third-order valence-corrected chi connectivity index (χ3v) is 6.17. The Bertz CT molecular complexity index is 1440. The van der Waals surface area contributed by atoms with Crippen LogP contribution in [0.5, 0.6) is 5.75 Å². The monoisotopic (exact) mass is 500 g/mol. The lowest BCUT2D eigenvalue weighted by Crippen LogP contribution is -2.22. The molecule has 1 amide bonds. The summed E-state index contributed by atoms with van der Waals surface area (Å²) >= 11 is 6.21. The van der Waals surface area contributed by atoms with Crippen LogP contribution in [0.4, 0.5) is 17.3 Å². The number of nitrogens with one attached hydrogen (secondary N) is 2. The highest BCUT2D eigenvalue weighted by Gasteiger charge is 2.22. The van der Waals surface area contributed by atoms with Gasteiger partial charge in [0.15, 0.2) is 0 Å². The Kier molecular flexibility index (Phi) is 6.79. The van der Waals surface area contributed by atoms with Crippen LogP contribution in [0.25, 0.3) is 22.2 Å². The second-order valence-corrected chi connectivity index (χ2v) is 9.05. The maximum atomic E-state index is 12.1. The predicted octanol–water partition coefficient (Wildman–Crippen LogP) is 5.30. The van der Waals surface area contributed by atoms with Gasteiger partial charge in [0, 0.05) is 35.6 Å². The second kappa shape index (κ2) is 10.3. The van der Waals surface area contributed by atoms with E-state index in [1.807, 2.05) is 42.5 Å². The number of nitrogens with zero attached hydrogens (tertiary/aromatic N) is 4. The maximum absolute atomic E-state index is 12.1. The highest BCUT2D eigenvalue weighted by atomic mass is 35.5. The highest BCUT2D eigenvalue weighted by Crippen LogP contribution is 2.32. The predicted molar refractivity (Wildman–Crippen MR) is 143 cm³/mol. The summed E-state index contributed by atoms with van der Waals surface area (Å²) in [5, 5.41) is 6.71. The van der Waals surface area contributed by atoms with Crippen LogP contribution in [-0.2, 0) is 4.79 Å². The minimum Gasteiger partial charge on any atom is -0.487 e. The van der Waals surface area contributed by atoms with E-state index in [4.69, 9.17) is 21.3 Å². The number of carbonyl (C=O) groups is 1. The van der Waals surface area contributed by atoms with Crippen molar-refractivity contribution in [2.24, 2.45) is 0 Å². The number of carbonyl (C=O) groups excluding carboxylic acids is 1. The Hall–Kier alpha value is -4.01. The highest BCUT2D eigenvalue weighted by molar-refractivity contribution is 6.30. The van der Waals surface area contributed by atoms with Crippen molar-refractivity contribution in [2.75, 3.05) is 30.8 Å². The smallest absolute Gasteiger partial charge is 0.247 e. The standard InChI is InChI=1S/C27H25ClN6O2/c1-3-25(35)32-22-14-19(7-8-24(22)36-20-10-12-34(2)16-20)31-27-30-15-23-26(33-27)21(9-11-29-23)17-5-4-6-18(28)13-17/h3-9,11,13-15,20H,1,10,12,16H2,2H3,(H,32,35)(H,30,31,33). The Labute approximate surface area is 214 Å². The van der Waals surface area contributed by atoms with Crippen LogP contribution in [0.3, 0.4) is 0 Å². The molecule has 8 nitrogen and oxygen atoms in total. The fourth-order valence-corrected chi connectivity index (χ4v) is 4.37. The minimum absolute atomic E-state index is 0.0643. The third-order valence-electron chi connectivity index (χ3n) is 5.94. The number of ether oxygens (including phenoxy) is 1. The molecule has 1 atom stereocenters. The molecular weight excluding hydrogens is 476 g/mol. The van der Waals surface area contributed by atoms with Crippen molar-refractivity contribution in [2.45, 2.75) is 12.5 Å². The van der Waals surface area contributed by atoms with Crippen molar-refractivity contribution >= 4 is 45.9 Å². The average Bonchev–Trinajstić information content (AvgIpc) is 3.29. The summed E-state index contributed by atoms with van der Waals surface area (Å²) in [6.45, 7) is 5.36. The molecule has 36 heavy (non-hydrogen) atoms. The van der Waals surface area contributed by atoms with Gasteiger partial charge in [-0.25, -0.2) is 9.97 Å². The molecule has 0 radical (unpaired) electrons. The van der Waals surface area contributed by atoms with Gasteiger partial charge in [0.25, 0.3) is 0 Å². The first kappa shape index (κ1) is 23.7. The van der Waals surface area contributed by atoms with Gasteiger partial charge in [-0.05, 0) is 61.5 Å². The van der Waals surface area contributed by atoms with Gasteiger partial charge >= 0.3 is 0 Å². The molecule has 2 N–H and O–H groups in total. The van der Waals surface area contributed by atoms with Crippen molar-refractivity contribution in [1.82, 2.24) is 19.9 Å². The van der Waals surface area contributed by atoms with E-state index in [2.05, 4.69) is 39.1 Å². The number of fused-ring (bicyclic) bond motifs is 1. The molecule has 1 fully saturated rings. The van der Waals surface area contributed by atoms with E-state index in [1.54, 1.807) is 18.5 Å². The summed E-state index contributed by atoms with van der Waals surface area (Å²) < 4.78 is 6.19. The number of rotatable bonds is 7. The molecule has 0 spiro atoms. The van der Waals surface area contributed by atoms with Crippen LogP contribution >= 0.6 is 11.6 Å². The molecule has 1 aliphatic rings. The van der Waals surface area contributed by atoms with Crippen LogP contribution in [-0.4, -0.2) is 52.0 Å². The van der Waals surface area contributed by atoms with Crippen LogP contribution in [0.15, 0.2) is 73.6 Å². The summed E-state index contributed by atoms with van der Waals surface area (Å²) in [6, 6.07) is 15.0. The van der Waals surface area contributed by atoms with E-state index in [1.165, 1.54) is 6.08 Å². The molecule has 5 rings (SSSR count). The number of hydrogen-bond donors (Lipinski definition) is 2. The Morgan fingerprint density at radius 3 is 2.89 bits per heavy atom. The quantitative estimate of drug-likeness (QED) is 0.333. The zero-order chi connectivity index (χ0) is 25.1. The van der Waals surface area contributed by atoms with Gasteiger partial charge in [-0.15, -0.1) is 0 Å². The molecule has 2 aromatic carbocycles. The van der Waals surface area contributed by atoms with E-state index in [0.717, 1.165) is 30.6 Å². The SMILES string of the molecule is C=CC(=O)Nc1cc(Nc2ncc3nccc(-c4cccc(Cl)c4)c3n2)ccc1OC1CCN(C)C1.